The number of carbonyl (C=O) groups is 1. The van der Waals surface area contributed by atoms with Crippen LogP contribution in [0.3, 0.4) is 0 Å². The van der Waals surface area contributed by atoms with E-state index in [0.29, 0.717) is 12.6 Å². The molecule has 1 aliphatic heterocycles. The van der Waals surface area contributed by atoms with Gasteiger partial charge in [-0.1, -0.05) is 17.7 Å². The third-order valence-corrected chi connectivity index (χ3v) is 4.73. The van der Waals surface area contributed by atoms with Crippen LogP contribution in [-0.4, -0.2) is 21.7 Å². The Kier molecular flexibility index (Phi) is 4.35. The zero-order valence-electron chi connectivity index (χ0n) is 15.1. The fourth-order valence-electron chi connectivity index (χ4n) is 3.40. The Balaban J connectivity index is 1.65. The van der Waals surface area contributed by atoms with E-state index in [1.54, 1.807) is 0 Å². The minimum absolute atomic E-state index is 0.0416. The van der Waals surface area contributed by atoms with Gasteiger partial charge in [-0.15, -0.1) is 0 Å². The summed E-state index contributed by atoms with van der Waals surface area (Å²) in [5.74, 6) is 0.0416. The summed E-state index contributed by atoms with van der Waals surface area (Å²) in [7, 11) is 0. The van der Waals surface area contributed by atoms with Crippen LogP contribution in [-0.2, 0) is 17.8 Å². The van der Waals surface area contributed by atoms with Crippen LogP contribution < -0.4 is 10.6 Å². The number of rotatable bonds is 4. The predicted octanol–water partition coefficient (Wildman–Crippen LogP) is 3.04. The summed E-state index contributed by atoms with van der Waals surface area (Å²) in [6, 6.07) is 6.40. The minimum atomic E-state index is -0.192. The summed E-state index contributed by atoms with van der Waals surface area (Å²) in [4.78, 5) is 12.5. The monoisotopic (exact) mass is 326 g/mol. The third kappa shape index (κ3) is 3.03. The molecule has 5 heteroatoms. The molecule has 2 heterocycles. The fraction of sp³-hybridized carbons (Fsp3) is 0.474. The van der Waals surface area contributed by atoms with Crippen LogP contribution >= 0.6 is 0 Å². The molecule has 1 amide bonds. The van der Waals surface area contributed by atoms with Crippen LogP contribution in [0, 0.1) is 20.8 Å². The van der Waals surface area contributed by atoms with Crippen LogP contribution in [0.2, 0.25) is 0 Å². The molecule has 24 heavy (non-hydrogen) atoms. The molecule has 1 unspecified atom stereocenters. The van der Waals surface area contributed by atoms with E-state index in [1.807, 2.05) is 11.6 Å². The number of hydrogen-bond donors (Lipinski definition) is 2. The molecular formula is C19H26N4O. The molecular weight excluding hydrogens is 300 g/mol. The molecule has 0 fully saturated rings. The average molecular weight is 326 g/mol. The van der Waals surface area contributed by atoms with E-state index < -0.39 is 0 Å². The highest BCUT2D eigenvalue weighted by molar-refractivity contribution is 5.87. The quantitative estimate of drug-likeness (QED) is 0.908. The molecule has 1 atom stereocenters. The first-order valence-electron chi connectivity index (χ1n) is 8.55. The Morgan fingerprint density at radius 1 is 1.38 bits per heavy atom. The molecule has 128 valence electrons. The van der Waals surface area contributed by atoms with Crippen LogP contribution in [0.15, 0.2) is 18.2 Å². The Morgan fingerprint density at radius 3 is 2.79 bits per heavy atom. The van der Waals surface area contributed by atoms with Crippen molar-refractivity contribution in [2.24, 2.45) is 0 Å². The van der Waals surface area contributed by atoms with E-state index >= 15 is 0 Å². The molecule has 0 aliphatic carbocycles. The van der Waals surface area contributed by atoms with Gasteiger partial charge < -0.3 is 10.6 Å². The van der Waals surface area contributed by atoms with Gasteiger partial charge in [-0.05, 0) is 46.2 Å². The zero-order chi connectivity index (χ0) is 17.4. The van der Waals surface area contributed by atoms with Crippen molar-refractivity contribution in [1.82, 2.24) is 15.1 Å². The van der Waals surface area contributed by atoms with Gasteiger partial charge >= 0.3 is 0 Å². The maximum absolute atomic E-state index is 12.5. The van der Waals surface area contributed by atoms with Gasteiger partial charge in [0, 0.05) is 36.0 Å². The smallest absolute Gasteiger partial charge is 0.243 e. The van der Waals surface area contributed by atoms with E-state index in [-0.39, 0.29) is 11.9 Å². The number of fused-ring (bicyclic) bond motifs is 1. The Labute approximate surface area is 143 Å². The summed E-state index contributed by atoms with van der Waals surface area (Å²) in [6.07, 6.45) is 0.742. The van der Waals surface area contributed by atoms with Crippen molar-refractivity contribution < 1.29 is 4.79 Å². The molecule has 0 saturated carbocycles. The van der Waals surface area contributed by atoms with Crippen LogP contribution in [0.1, 0.15) is 48.0 Å². The molecule has 5 nitrogen and oxygen atoms in total. The van der Waals surface area contributed by atoms with Gasteiger partial charge in [0.15, 0.2) is 0 Å². The van der Waals surface area contributed by atoms with Gasteiger partial charge in [-0.3, -0.25) is 9.48 Å². The number of carbonyl (C=O) groups excluding carboxylic acids is 1. The van der Waals surface area contributed by atoms with Crippen molar-refractivity contribution in [3.8, 4) is 0 Å². The largest absolute Gasteiger partial charge is 0.373 e. The molecule has 3 rings (SSSR count). The third-order valence-electron chi connectivity index (χ3n) is 4.73. The molecule has 1 aromatic heterocycles. The second kappa shape index (κ2) is 6.30. The normalized spacial score (nSPS) is 16.2. The molecule has 2 N–H and O–H groups in total. The molecule has 2 aromatic rings. The summed E-state index contributed by atoms with van der Waals surface area (Å²) < 4.78 is 2.02. The molecule has 0 bridgehead atoms. The number of benzene rings is 1. The van der Waals surface area contributed by atoms with Gasteiger partial charge in [0.1, 0.15) is 6.04 Å². The average Bonchev–Trinajstić information content (AvgIpc) is 3.06. The standard InChI is InChI=1S/C19H26N4O/c1-11(2)23-14(5)16(13(4)22-23)10-20-19(24)18-9-15-8-12(3)6-7-17(15)21-18/h6-8,11,18,21H,9-10H2,1-5H3,(H,20,24). The van der Waals surface area contributed by atoms with Crippen molar-refractivity contribution in [1.29, 1.82) is 0 Å². The van der Waals surface area contributed by atoms with E-state index in [0.717, 1.165) is 29.1 Å². The lowest BCUT2D eigenvalue weighted by Crippen LogP contribution is -2.38. The summed E-state index contributed by atoms with van der Waals surface area (Å²) in [5.41, 5.74) is 6.74. The van der Waals surface area contributed by atoms with Crippen molar-refractivity contribution in [2.45, 2.75) is 59.7 Å². The molecule has 0 radical (unpaired) electrons. The first kappa shape index (κ1) is 16.6. The maximum Gasteiger partial charge on any atom is 0.243 e. The Morgan fingerprint density at radius 2 is 2.12 bits per heavy atom. The van der Waals surface area contributed by atoms with E-state index in [9.17, 15) is 4.79 Å². The summed E-state index contributed by atoms with van der Waals surface area (Å²) >= 11 is 0. The maximum atomic E-state index is 12.5. The second-order valence-electron chi connectivity index (χ2n) is 6.97. The second-order valence-corrected chi connectivity index (χ2v) is 6.97. The highest BCUT2D eigenvalue weighted by Crippen LogP contribution is 2.26. The number of nitrogens with one attached hydrogen (secondary N) is 2. The summed E-state index contributed by atoms with van der Waals surface area (Å²) in [6.45, 7) is 10.9. The lowest BCUT2D eigenvalue weighted by atomic mass is 10.1. The number of anilines is 1. The van der Waals surface area contributed by atoms with Crippen LogP contribution in [0.4, 0.5) is 5.69 Å². The van der Waals surface area contributed by atoms with E-state index in [2.05, 4.69) is 61.6 Å². The highest BCUT2D eigenvalue weighted by Gasteiger charge is 2.26. The zero-order valence-corrected chi connectivity index (χ0v) is 15.1. The number of amides is 1. The van der Waals surface area contributed by atoms with Gasteiger partial charge in [-0.25, -0.2) is 0 Å². The molecule has 0 spiro atoms. The first-order valence-corrected chi connectivity index (χ1v) is 8.55. The molecule has 1 aromatic carbocycles. The van der Waals surface area contributed by atoms with Crippen LogP contribution in [0.5, 0.6) is 0 Å². The van der Waals surface area contributed by atoms with Gasteiger partial charge in [0.25, 0.3) is 0 Å². The van der Waals surface area contributed by atoms with Gasteiger partial charge in [-0.2, -0.15) is 5.10 Å². The predicted molar refractivity (Wildman–Crippen MR) is 96.2 cm³/mol. The number of hydrogen-bond acceptors (Lipinski definition) is 3. The number of nitrogens with zero attached hydrogens (tertiary/aromatic N) is 2. The molecule has 0 saturated heterocycles. The summed E-state index contributed by atoms with van der Waals surface area (Å²) in [5, 5.41) is 11.0. The van der Waals surface area contributed by atoms with Gasteiger partial charge in [0.05, 0.1) is 5.69 Å². The minimum Gasteiger partial charge on any atom is -0.373 e. The first-order chi connectivity index (χ1) is 11.4. The topological polar surface area (TPSA) is 59.0 Å². The van der Waals surface area contributed by atoms with Crippen molar-refractivity contribution in [3.05, 3.63) is 46.3 Å². The number of aromatic nitrogens is 2. The SMILES string of the molecule is Cc1ccc2c(c1)CC(C(=O)NCc1c(C)nn(C(C)C)c1C)N2. The van der Waals surface area contributed by atoms with Crippen molar-refractivity contribution in [3.63, 3.8) is 0 Å². The van der Waals surface area contributed by atoms with Gasteiger partial charge in [0.2, 0.25) is 5.91 Å². The van der Waals surface area contributed by atoms with Crippen LogP contribution in [0.25, 0.3) is 0 Å². The Bertz CT molecular complexity index is 776. The highest BCUT2D eigenvalue weighted by atomic mass is 16.2. The van der Waals surface area contributed by atoms with Crippen molar-refractivity contribution >= 4 is 11.6 Å². The lowest BCUT2D eigenvalue weighted by Gasteiger charge is -2.13. The molecule has 1 aliphatic rings. The van der Waals surface area contributed by atoms with E-state index in [1.165, 1.54) is 11.1 Å². The lowest BCUT2D eigenvalue weighted by molar-refractivity contribution is -0.121. The van der Waals surface area contributed by atoms with Crippen molar-refractivity contribution in [2.75, 3.05) is 5.32 Å². The fourth-order valence-corrected chi connectivity index (χ4v) is 3.40. The Hall–Kier alpha value is -2.30. The number of aryl methyl sites for hydroxylation is 2. The van der Waals surface area contributed by atoms with E-state index in [4.69, 9.17) is 0 Å².